The fraction of sp³-hybridized carbons (Fsp3) is 0.632. The molecule has 0 radical (unpaired) electrons. The highest BCUT2D eigenvalue weighted by Crippen LogP contribution is 2.34. The number of carbonyl (C=O) groups excluding carboxylic acids is 1. The lowest BCUT2D eigenvalue weighted by atomic mass is 9.96. The number of hydrogen-bond donors (Lipinski definition) is 0. The molecule has 0 N–H and O–H groups in total. The van der Waals surface area contributed by atoms with Crippen LogP contribution in [0, 0.1) is 12.8 Å². The van der Waals surface area contributed by atoms with Crippen LogP contribution in [0.2, 0.25) is 0 Å². The predicted molar refractivity (Wildman–Crippen MR) is 98.5 cm³/mol. The van der Waals surface area contributed by atoms with Gasteiger partial charge < -0.3 is 4.90 Å². The predicted octanol–water partition coefficient (Wildman–Crippen LogP) is 3.58. The number of aryl methyl sites for hydroxylation is 1. The van der Waals surface area contributed by atoms with E-state index in [0.717, 1.165) is 19.3 Å². The first-order valence-electron chi connectivity index (χ1n) is 9.57. The number of halogens is 3. The summed E-state index contributed by atoms with van der Waals surface area (Å²) in [6.07, 6.45) is -1.48. The highest BCUT2D eigenvalue weighted by molar-refractivity contribution is 7.89. The van der Waals surface area contributed by atoms with E-state index in [1.165, 1.54) is 21.3 Å². The van der Waals surface area contributed by atoms with Crippen molar-refractivity contribution in [1.82, 2.24) is 9.21 Å². The lowest BCUT2D eigenvalue weighted by molar-refractivity contribution is -0.184. The van der Waals surface area contributed by atoms with Crippen LogP contribution in [-0.4, -0.2) is 55.9 Å². The van der Waals surface area contributed by atoms with Gasteiger partial charge in [-0.1, -0.05) is 12.5 Å². The van der Waals surface area contributed by atoms with Crippen molar-refractivity contribution in [1.29, 1.82) is 0 Å². The molecule has 0 aromatic heterocycles. The van der Waals surface area contributed by atoms with E-state index < -0.39 is 28.0 Å². The Bertz CT molecular complexity index is 833. The van der Waals surface area contributed by atoms with Crippen molar-refractivity contribution in [3.63, 3.8) is 0 Å². The minimum Gasteiger partial charge on any atom is -0.338 e. The molecule has 2 aliphatic rings. The summed E-state index contributed by atoms with van der Waals surface area (Å²) in [5.41, 5.74) is 0.706. The molecule has 2 saturated heterocycles. The monoisotopic (exact) mass is 418 g/mol. The molecular weight excluding hydrogens is 393 g/mol. The van der Waals surface area contributed by atoms with Crippen molar-refractivity contribution in [2.45, 2.75) is 50.1 Å². The van der Waals surface area contributed by atoms with Gasteiger partial charge in [0.25, 0.3) is 5.91 Å². The van der Waals surface area contributed by atoms with Gasteiger partial charge in [-0.25, -0.2) is 8.42 Å². The third-order valence-electron chi connectivity index (χ3n) is 5.56. The first kappa shape index (κ1) is 21.1. The number of piperidine rings is 2. The van der Waals surface area contributed by atoms with E-state index in [0.29, 0.717) is 18.7 Å². The van der Waals surface area contributed by atoms with E-state index in [1.807, 2.05) is 0 Å². The molecule has 9 heteroatoms. The van der Waals surface area contributed by atoms with Crippen LogP contribution in [0.3, 0.4) is 0 Å². The van der Waals surface area contributed by atoms with Crippen molar-refractivity contribution in [2.75, 3.05) is 26.2 Å². The highest BCUT2D eigenvalue weighted by Gasteiger charge is 2.43. The van der Waals surface area contributed by atoms with Crippen molar-refractivity contribution in [2.24, 2.45) is 5.92 Å². The minimum absolute atomic E-state index is 0.00956. The Labute approximate surface area is 163 Å². The molecule has 2 heterocycles. The zero-order valence-corrected chi connectivity index (χ0v) is 16.7. The number of alkyl halides is 3. The maximum Gasteiger partial charge on any atom is 0.393 e. The molecule has 1 aromatic carbocycles. The minimum atomic E-state index is -4.34. The largest absolute Gasteiger partial charge is 0.393 e. The van der Waals surface area contributed by atoms with Gasteiger partial charge in [-0.3, -0.25) is 4.79 Å². The fourth-order valence-electron chi connectivity index (χ4n) is 3.85. The second-order valence-corrected chi connectivity index (χ2v) is 9.51. The quantitative estimate of drug-likeness (QED) is 0.754. The van der Waals surface area contributed by atoms with Gasteiger partial charge in [0.2, 0.25) is 10.0 Å². The lowest BCUT2D eigenvalue weighted by Gasteiger charge is -2.34. The number of nitrogens with zero attached hydrogens (tertiary/aromatic N) is 2. The zero-order chi connectivity index (χ0) is 20.5. The Balaban J connectivity index is 1.86. The summed E-state index contributed by atoms with van der Waals surface area (Å²) in [5.74, 6) is -2.08. The summed E-state index contributed by atoms with van der Waals surface area (Å²) in [7, 11) is -3.72. The molecule has 2 aliphatic heterocycles. The average molecular weight is 418 g/mol. The number of benzene rings is 1. The number of amides is 1. The molecule has 156 valence electrons. The van der Waals surface area contributed by atoms with Gasteiger partial charge in [0.15, 0.2) is 0 Å². The summed E-state index contributed by atoms with van der Waals surface area (Å²) in [6.45, 7) is 2.41. The molecule has 1 atom stereocenters. The third-order valence-corrected chi connectivity index (χ3v) is 7.46. The molecule has 2 fully saturated rings. The highest BCUT2D eigenvalue weighted by atomic mass is 32.2. The molecule has 0 aliphatic carbocycles. The topological polar surface area (TPSA) is 57.7 Å². The molecule has 5 nitrogen and oxygen atoms in total. The van der Waals surface area contributed by atoms with E-state index in [1.54, 1.807) is 13.0 Å². The summed E-state index contributed by atoms with van der Waals surface area (Å²) in [6, 6.07) is 4.33. The van der Waals surface area contributed by atoms with Crippen LogP contribution >= 0.6 is 0 Å². The summed E-state index contributed by atoms with van der Waals surface area (Å²) in [5, 5.41) is 0. The van der Waals surface area contributed by atoms with E-state index in [-0.39, 0.29) is 36.4 Å². The number of hydrogen-bond acceptors (Lipinski definition) is 3. The summed E-state index contributed by atoms with van der Waals surface area (Å²) in [4.78, 5) is 14.1. The van der Waals surface area contributed by atoms with Gasteiger partial charge in [-0.2, -0.15) is 17.5 Å². The number of rotatable bonds is 3. The standard InChI is InChI=1S/C19H25F3N2O3S/c1-14-7-8-16(28(26,27)24-10-3-2-4-11-24)12-17(14)18(25)23-9-5-6-15(13-23)19(20,21)22/h7-8,12,15H,2-6,9-11,13H2,1H3/t15-/m0/s1. The average Bonchev–Trinajstić information content (AvgIpc) is 2.68. The fourth-order valence-corrected chi connectivity index (χ4v) is 5.39. The van der Waals surface area contributed by atoms with Crippen LogP contribution in [-0.2, 0) is 10.0 Å². The van der Waals surface area contributed by atoms with Crippen LogP contribution in [0.5, 0.6) is 0 Å². The van der Waals surface area contributed by atoms with Crippen molar-refractivity contribution in [3.8, 4) is 0 Å². The Morgan fingerprint density at radius 3 is 2.39 bits per heavy atom. The number of carbonyl (C=O) groups is 1. The van der Waals surface area contributed by atoms with E-state index in [2.05, 4.69) is 0 Å². The van der Waals surface area contributed by atoms with Gasteiger partial charge in [0.1, 0.15) is 0 Å². The van der Waals surface area contributed by atoms with Crippen LogP contribution in [0.4, 0.5) is 13.2 Å². The molecule has 1 aromatic rings. The maximum atomic E-state index is 13.1. The van der Waals surface area contributed by atoms with Crippen molar-refractivity contribution < 1.29 is 26.4 Å². The lowest BCUT2D eigenvalue weighted by Crippen LogP contribution is -2.44. The van der Waals surface area contributed by atoms with E-state index in [4.69, 9.17) is 0 Å². The molecule has 0 saturated carbocycles. The maximum absolute atomic E-state index is 13.1. The molecular formula is C19H25F3N2O3S. The Morgan fingerprint density at radius 2 is 1.75 bits per heavy atom. The number of sulfonamides is 1. The van der Waals surface area contributed by atoms with Crippen molar-refractivity contribution >= 4 is 15.9 Å². The molecule has 0 bridgehead atoms. The van der Waals surface area contributed by atoms with E-state index in [9.17, 15) is 26.4 Å². The Kier molecular flexibility index (Phi) is 6.05. The van der Waals surface area contributed by atoms with Crippen molar-refractivity contribution in [3.05, 3.63) is 29.3 Å². The van der Waals surface area contributed by atoms with Gasteiger partial charge in [-0.15, -0.1) is 0 Å². The zero-order valence-electron chi connectivity index (χ0n) is 15.8. The molecule has 0 spiro atoms. The molecule has 28 heavy (non-hydrogen) atoms. The molecule has 0 unspecified atom stereocenters. The molecule has 1 amide bonds. The summed E-state index contributed by atoms with van der Waals surface area (Å²) < 4.78 is 66.4. The second-order valence-electron chi connectivity index (χ2n) is 7.57. The van der Waals surface area contributed by atoms with Crippen LogP contribution in [0.15, 0.2) is 23.1 Å². The van der Waals surface area contributed by atoms with Crippen LogP contribution in [0.25, 0.3) is 0 Å². The van der Waals surface area contributed by atoms with Gasteiger partial charge in [0, 0.05) is 31.7 Å². The first-order chi connectivity index (χ1) is 13.1. The third kappa shape index (κ3) is 4.35. The summed E-state index contributed by atoms with van der Waals surface area (Å²) >= 11 is 0. The Hall–Kier alpha value is -1.61. The normalized spacial score (nSPS) is 22.3. The SMILES string of the molecule is Cc1ccc(S(=O)(=O)N2CCCCC2)cc1C(=O)N1CCC[C@H](C(F)(F)F)C1. The van der Waals surface area contributed by atoms with Crippen LogP contribution in [0.1, 0.15) is 48.0 Å². The van der Waals surface area contributed by atoms with Crippen LogP contribution < -0.4 is 0 Å². The van der Waals surface area contributed by atoms with E-state index >= 15 is 0 Å². The molecule has 3 rings (SSSR count). The second kappa shape index (κ2) is 8.02. The smallest absolute Gasteiger partial charge is 0.338 e. The Morgan fingerprint density at radius 1 is 1.07 bits per heavy atom. The van der Waals surface area contributed by atoms with Gasteiger partial charge >= 0.3 is 6.18 Å². The van der Waals surface area contributed by atoms with Gasteiger partial charge in [0.05, 0.1) is 10.8 Å². The number of likely N-dealkylation sites (tertiary alicyclic amines) is 1. The first-order valence-corrected chi connectivity index (χ1v) is 11.0. The van der Waals surface area contributed by atoms with Gasteiger partial charge in [-0.05, 0) is 50.3 Å².